The van der Waals surface area contributed by atoms with Gasteiger partial charge in [0.2, 0.25) is 5.75 Å². The minimum Gasteiger partial charge on any atom is -0.415 e. The van der Waals surface area contributed by atoms with E-state index in [9.17, 15) is 24.5 Å². The maximum absolute atomic E-state index is 12.6. The van der Waals surface area contributed by atoms with Gasteiger partial charge in [0.05, 0.1) is 16.7 Å². The van der Waals surface area contributed by atoms with Crippen LogP contribution in [0.5, 0.6) is 5.75 Å². The van der Waals surface area contributed by atoms with Crippen LogP contribution in [0, 0.1) is 24.0 Å². The molecule has 0 heterocycles. The van der Waals surface area contributed by atoms with Crippen LogP contribution in [0.2, 0.25) is 0 Å². The zero-order chi connectivity index (χ0) is 28.6. The van der Waals surface area contributed by atoms with Gasteiger partial charge in [-0.2, -0.15) is 5.10 Å². The Kier molecular flexibility index (Phi) is 8.40. The van der Waals surface area contributed by atoms with Crippen molar-refractivity contribution in [2.24, 2.45) is 5.10 Å². The lowest BCUT2D eigenvalue weighted by Gasteiger charge is -2.08. The van der Waals surface area contributed by atoms with Crippen molar-refractivity contribution < 1.29 is 24.0 Å². The number of rotatable bonds is 8. The van der Waals surface area contributed by atoms with Crippen LogP contribution in [0.25, 0.3) is 0 Å². The first-order valence-corrected chi connectivity index (χ1v) is 12.1. The van der Waals surface area contributed by atoms with Crippen molar-refractivity contribution >= 4 is 35.4 Å². The molecule has 0 fully saturated rings. The van der Waals surface area contributed by atoms with Crippen LogP contribution in [-0.4, -0.2) is 28.9 Å². The van der Waals surface area contributed by atoms with Gasteiger partial charge < -0.3 is 10.1 Å². The molecule has 0 aliphatic heterocycles. The normalized spacial score (nSPS) is 10.7. The molecule has 0 radical (unpaired) electrons. The van der Waals surface area contributed by atoms with Crippen molar-refractivity contribution in [3.8, 4) is 5.75 Å². The van der Waals surface area contributed by atoms with Crippen molar-refractivity contribution in [2.75, 3.05) is 5.32 Å². The average Bonchev–Trinajstić information content (AvgIpc) is 2.94. The lowest BCUT2D eigenvalue weighted by atomic mass is 10.1. The number of ether oxygens (including phenoxy) is 1. The highest BCUT2D eigenvalue weighted by atomic mass is 16.6. The SMILES string of the molecule is Cc1ccc(C(=O)Oc2c(/C=N/NC(=O)c3ccc(NC(=O)c4cccc(C)c4)cc3)cccc2[N+](=O)[O-])cc1. The maximum atomic E-state index is 12.6. The molecule has 2 N–H and O–H groups in total. The molecule has 40 heavy (non-hydrogen) atoms. The summed E-state index contributed by atoms with van der Waals surface area (Å²) in [6.45, 7) is 3.75. The zero-order valence-electron chi connectivity index (χ0n) is 21.6. The van der Waals surface area contributed by atoms with Crippen LogP contribution < -0.4 is 15.5 Å². The molecule has 0 aromatic heterocycles. The topological polar surface area (TPSA) is 140 Å². The van der Waals surface area contributed by atoms with E-state index in [1.165, 1.54) is 30.3 Å². The second-order valence-corrected chi connectivity index (χ2v) is 8.81. The number of aryl methyl sites for hydroxylation is 2. The molecule has 0 saturated carbocycles. The highest BCUT2D eigenvalue weighted by Crippen LogP contribution is 2.30. The number of carbonyl (C=O) groups is 3. The third kappa shape index (κ3) is 6.81. The number of nitrogens with one attached hydrogen (secondary N) is 2. The number of amides is 2. The van der Waals surface area contributed by atoms with Gasteiger partial charge >= 0.3 is 11.7 Å². The number of nitro groups is 1. The number of hydrogen-bond acceptors (Lipinski definition) is 7. The third-order valence-electron chi connectivity index (χ3n) is 5.76. The van der Waals surface area contributed by atoms with E-state index >= 15 is 0 Å². The summed E-state index contributed by atoms with van der Waals surface area (Å²) in [7, 11) is 0. The molecule has 0 saturated heterocycles. The Morgan fingerprint density at radius 2 is 1.48 bits per heavy atom. The van der Waals surface area contributed by atoms with Gasteiger partial charge in [0.25, 0.3) is 11.8 Å². The van der Waals surface area contributed by atoms with Gasteiger partial charge in [0.1, 0.15) is 0 Å². The zero-order valence-corrected chi connectivity index (χ0v) is 21.6. The van der Waals surface area contributed by atoms with Crippen molar-refractivity contribution in [1.29, 1.82) is 0 Å². The molecule has 0 spiro atoms. The Bertz CT molecular complexity index is 1610. The van der Waals surface area contributed by atoms with Gasteiger partial charge in [0.15, 0.2) is 0 Å². The predicted octanol–water partition coefficient (Wildman–Crippen LogP) is 5.45. The van der Waals surface area contributed by atoms with Gasteiger partial charge in [-0.05, 0) is 68.4 Å². The molecule has 0 atom stereocenters. The smallest absolute Gasteiger partial charge is 0.343 e. The summed E-state index contributed by atoms with van der Waals surface area (Å²) >= 11 is 0. The minimum atomic E-state index is -0.775. The van der Waals surface area contributed by atoms with E-state index in [4.69, 9.17) is 4.74 Å². The Balaban J connectivity index is 1.44. The fourth-order valence-electron chi connectivity index (χ4n) is 3.66. The quantitative estimate of drug-likeness (QED) is 0.101. The second-order valence-electron chi connectivity index (χ2n) is 8.81. The third-order valence-corrected chi connectivity index (χ3v) is 5.76. The Labute approximate surface area is 229 Å². The molecule has 0 aliphatic rings. The van der Waals surface area contributed by atoms with Crippen LogP contribution >= 0.6 is 0 Å². The molecule has 0 unspecified atom stereocenters. The molecular weight excluding hydrogens is 512 g/mol. The van der Waals surface area contributed by atoms with E-state index in [1.54, 1.807) is 54.6 Å². The monoisotopic (exact) mass is 536 g/mol. The number of benzene rings is 4. The first kappa shape index (κ1) is 27.4. The van der Waals surface area contributed by atoms with Gasteiger partial charge in [-0.25, -0.2) is 10.2 Å². The van der Waals surface area contributed by atoms with Gasteiger partial charge in [-0.15, -0.1) is 0 Å². The molecule has 0 aliphatic carbocycles. The van der Waals surface area contributed by atoms with Crippen LogP contribution in [0.4, 0.5) is 11.4 Å². The number of nitrogens with zero attached hydrogens (tertiary/aromatic N) is 2. The summed E-state index contributed by atoms with van der Waals surface area (Å²) in [5, 5.41) is 18.2. The van der Waals surface area contributed by atoms with Crippen molar-refractivity contribution in [1.82, 2.24) is 5.43 Å². The number of anilines is 1. The number of hydrazone groups is 1. The number of hydrogen-bond donors (Lipinski definition) is 2. The Morgan fingerprint density at radius 3 is 2.15 bits per heavy atom. The Morgan fingerprint density at radius 1 is 0.800 bits per heavy atom. The van der Waals surface area contributed by atoms with E-state index in [0.29, 0.717) is 11.3 Å². The Hall–Kier alpha value is -5.64. The van der Waals surface area contributed by atoms with E-state index in [0.717, 1.165) is 17.3 Å². The highest BCUT2D eigenvalue weighted by molar-refractivity contribution is 6.04. The fourth-order valence-corrected chi connectivity index (χ4v) is 3.66. The van der Waals surface area contributed by atoms with E-state index in [-0.39, 0.29) is 28.3 Å². The lowest BCUT2D eigenvalue weighted by molar-refractivity contribution is -0.385. The molecule has 4 rings (SSSR count). The average molecular weight is 537 g/mol. The van der Waals surface area contributed by atoms with E-state index in [2.05, 4.69) is 15.8 Å². The van der Waals surface area contributed by atoms with Crippen molar-refractivity contribution in [3.05, 3.63) is 134 Å². The molecule has 2 amide bonds. The van der Waals surface area contributed by atoms with Crippen molar-refractivity contribution in [2.45, 2.75) is 13.8 Å². The molecule has 4 aromatic rings. The summed E-state index contributed by atoms with van der Waals surface area (Å²) < 4.78 is 5.37. The van der Waals surface area contributed by atoms with Crippen LogP contribution in [0.1, 0.15) is 47.8 Å². The van der Waals surface area contributed by atoms with Crippen molar-refractivity contribution in [3.63, 3.8) is 0 Å². The van der Waals surface area contributed by atoms with E-state index in [1.807, 2.05) is 19.9 Å². The lowest BCUT2D eigenvalue weighted by Crippen LogP contribution is -2.18. The number of esters is 1. The maximum Gasteiger partial charge on any atom is 0.343 e. The largest absolute Gasteiger partial charge is 0.415 e. The van der Waals surface area contributed by atoms with Gasteiger partial charge in [0, 0.05) is 28.4 Å². The van der Waals surface area contributed by atoms with Crippen LogP contribution in [-0.2, 0) is 0 Å². The molecule has 4 aromatic carbocycles. The summed E-state index contributed by atoms with van der Waals surface area (Å²) in [6, 6.07) is 24.0. The number of nitro benzene ring substituents is 1. The van der Waals surface area contributed by atoms with E-state index < -0.39 is 22.5 Å². The summed E-state index contributed by atoms with van der Waals surface area (Å²) in [4.78, 5) is 48.5. The fraction of sp³-hybridized carbons (Fsp3) is 0.0667. The number of para-hydroxylation sites is 1. The molecule has 10 heteroatoms. The summed E-state index contributed by atoms with van der Waals surface area (Å²) in [6.07, 6.45) is 1.15. The second kappa shape index (κ2) is 12.3. The standard InChI is InChI=1S/C30H24N4O6/c1-19-9-11-22(12-10-19)30(37)40-27-24(7-4-8-26(27)34(38)39)18-31-33-29(36)21-13-15-25(16-14-21)32-28(35)23-6-3-5-20(2)17-23/h3-18H,1-2H3,(H,32,35)(H,33,36)/b31-18+. The molecule has 200 valence electrons. The summed E-state index contributed by atoms with van der Waals surface area (Å²) in [5.41, 5.74) is 5.42. The van der Waals surface area contributed by atoms with Gasteiger partial charge in [-0.3, -0.25) is 19.7 Å². The van der Waals surface area contributed by atoms with Gasteiger partial charge in [-0.1, -0.05) is 41.5 Å². The first-order valence-electron chi connectivity index (χ1n) is 12.1. The summed E-state index contributed by atoms with van der Waals surface area (Å²) in [5.74, 6) is -1.91. The van der Waals surface area contributed by atoms with Crippen LogP contribution in [0.3, 0.4) is 0 Å². The predicted molar refractivity (Wildman–Crippen MR) is 150 cm³/mol. The van der Waals surface area contributed by atoms with Crippen LogP contribution in [0.15, 0.2) is 96.1 Å². The molecular formula is C30H24N4O6. The minimum absolute atomic E-state index is 0.115. The molecule has 10 nitrogen and oxygen atoms in total. The highest BCUT2D eigenvalue weighted by Gasteiger charge is 2.22. The molecule has 0 bridgehead atoms. The first-order chi connectivity index (χ1) is 19.2. The number of carbonyl (C=O) groups excluding carboxylic acids is 3.